The lowest BCUT2D eigenvalue weighted by molar-refractivity contribution is -0.138. The third-order valence-corrected chi connectivity index (χ3v) is 1.91. The molecule has 0 unspecified atom stereocenters. The number of carboxylic acids is 1. The smallest absolute Gasteiger partial charge is 0.321 e. The minimum atomic E-state index is -1.11. The van der Waals surface area contributed by atoms with E-state index in [1.54, 1.807) is 14.1 Å². The van der Waals surface area contributed by atoms with Crippen LogP contribution in [0.25, 0.3) is 0 Å². The third kappa shape index (κ3) is 9.39. The summed E-state index contributed by atoms with van der Waals surface area (Å²) in [5.41, 5.74) is 0. The van der Waals surface area contributed by atoms with E-state index in [9.17, 15) is 19.2 Å². The van der Waals surface area contributed by atoms with Crippen molar-refractivity contribution in [2.75, 3.05) is 27.2 Å². The molecule has 0 bridgehead atoms. The van der Waals surface area contributed by atoms with Gasteiger partial charge in [0.25, 0.3) is 0 Å². The number of carboxylic acid groups (broad SMARTS) is 1. The first-order valence-electron chi connectivity index (χ1n) is 5.57. The van der Waals surface area contributed by atoms with Crippen LogP contribution >= 0.6 is 0 Å². The van der Waals surface area contributed by atoms with E-state index in [2.05, 4.69) is 10.6 Å². The summed E-state index contributed by atoms with van der Waals surface area (Å²) in [5.74, 6) is -1.78. The Morgan fingerprint density at radius 3 is 2.11 bits per heavy atom. The summed E-state index contributed by atoms with van der Waals surface area (Å²) in [7, 11) is 3.16. The van der Waals surface area contributed by atoms with Crippen molar-refractivity contribution in [1.29, 1.82) is 0 Å². The van der Waals surface area contributed by atoms with E-state index in [-0.39, 0.29) is 32.0 Å². The zero-order valence-corrected chi connectivity index (χ0v) is 10.9. The largest absolute Gasteiger partial charge is 0.481 e. The molecular weight excluding hydrogens is 256 g/mol. The lowest BCUT2D eigenvalue weighted by atomic mass is 10.3. The topological polar surface area (TPSA) is 128 Å². The molecule has 19 heavy (non-hydrogen) atoms. The van der Waals surface area contributed by atoms with Gasteiger partial charge in [-0.3, -0.25) is 14.9 Å². The lowest BCUT2D eigenvalue weighted by Crippen LogP contribution is -2.44. The van der Waals surface area contributed by atoms with Crippen LogP contribution in [0.3, 0.4) is 0 Å². The molecule has 0 atom stereocenters. The Balaban J connectivity index is 3.67. The van der Waals surface area contributed by atoms with Gasteiger partial charge in [-0.05, 0) is 0 Å². The normalized spacial score (nSPS) is 9.37. The molecule has 4 N–H and O–H groups in total. The van der Waals surface area contributed by atoms with E-state index < -0.39 is 17.9 Å². The molecule has 0 spiro atoms. The number of carbonyl (C=O) groups excluding carboxylic acids is 3. The van der Waals surface area contributed by atoms with Crippen LogP contribution in [0.4, 0.5) is 9.59 Å². The number of rotatable bonds is 6. The molecule has 9 nitrogen and oxygen atoms in total. The fourth-order valence-electron chi connectivity index (χ4n) is 0.957. The highest BCUT2D eigenvalue weighted by Gasteiger charge is 2.09. The summed E-state index contributed by atoms with van der Waals surface area (Å²) < 4.78 is 0. The second kappa shape index (κ2) is 8.72. The van der Waals surface area contributed by atoms with Crippen LogP contribution in [-0.4, -0.2) is 61.1 Å². The summed E-state index contributed by atoms with van der Waals surface area (Å²) in [6.45, 7) is 0.366. The number of aliphatic carboxylic acids is 1. The first kappa shape index (κ1) is 16.7. The van der Waals surface area contributed by atoms with Crippen LogP contribution in [-0.2, 0) is 9.59 Å². The average molecular weight is 274 g/mol. The zero-order chi connectivity index (χ0) is 14.8. The highest BCUT2D eigenvalue weighted by atomic mass is 16.4. The fourth-order valence-corrected chi connectivity index (χ4v) is 0.957. The number of hydrogen-bond donors (Lipinski definition) is 4. The second-order valence-electron chi connectivity index (χ2n) is 3.82. The van der Waals surface area contributed by atoms with Crippen LogP contribution in [0.1, 0.15) is 12.8 Å². The Hall–Kier alpha value is -2.32. The number of nitrogens with one attached hydrogen (secondary N) is 3. The standard InChI is InChI=1S/C10H18N4O5/c1-14(2)10(19)12-6-5-11-9(18)13-7(15)3-4-8(16)17/h3-6H2,1-2H3,(H,12,19)(H,16,17)(H2,11,13,15,18). The van der Waals surface area contributed by atoms with Crippen molar-refractivity contribution in [3.63, 3.8) is 0 Å². The van der Waals surface area contributed by atoms with Crippen molar-refractivity contribution < 1.29 is 24.3 Å². The molecule has 0 radical (unpaired) electrons. The van der Waals surface area contributed by atoms with Gasteiger partial charge in [0.1, 0.15) is 0 Å². The number of imide groups is 1. The molecular formula is C10H18N4O5. The SMILES string of the molecule is CN(C)C(=O)NCCNC(=O)NC(=O)CCC(=O)O. The highest BCUT2D eigenvalue weighted by Crippen LogP contribution is 1.87. The molecule has 0 rings (SSSR count). The van der Waals surface area contributed by atoms with Gasteiger partial charge in [0.2, 0.25) is 5.91 Å². The van der Waals surface area contributed by atoms with Gasteiger partial charge in [-0.1, -0.05) is 0 Å². The zero-order valence-electron chi connectivity index (χ0n) is 10.9. The van der Waals surface area contributed by atoms with Gasteiger partial charge in [0.15, 0.2) is 0 Å². The molecule has 0 saturated heterocycles. The molecule has 0 aliphatic rings. The number of nitrogens with zero attached hydrogens (tertiary/aromatic N) is 1. The molecule has 0 aromatic heterocycles. The van der Waals surface area contributed by atoms with Crippen LogP contribution < -0.4 is 16.0 Å². The van der Waals surface area contributed by atoms with Gasteiger partial charge in [-0.2, -0.15) is 0 Å². The first-order chi connectivity index (χ1) is 8.82. The molecule has 5 amide bonds. The number of hydrogen-bond acceptors (Lipinski definition) is 4. The van der Waals surface area contributed by atoms with E-state index in [1.165, 1.54) is 4.90 Å². The molecule has 0 aliphatic heterocycles. The highest BCUT2D eigenvalue weighted by molar-refractivity contribution is 5.95. The Bertz CT molecular complexity index is 356. The molecule has 0 saturated carbocycles. The number of carbonyl (C=O) groups is 4. The molecule has 0 fully saturated rings. The minimum Gasteiger partial charge on any atom is -0.481 e. The monoisotopic (exact) mass is 274 g/mol. The van der Waals surface area contributed by atoms with E-state index in [0.717, 1.165) is 0 Å². The first-order valence-corrected chi connectivity index (χ1v) is 5.57. The second-order valence-corrected chi connectivity index (χ2v) is 3.82. The van der Waals surface area contributed by atoms with Crippen molar-refractivity contribution in [3.05, 3.63) is 0 Å². The maximum absolute atomic E-state index is 11.2. The van der Waals surface area contributed by atoms with Gasteiger partial charge in [-0.15, -0.1) is 0 Å². The quantitative estimate of drug-likeness (QED) is 0.459. The van der Waals surface area contributed by atoms with E-state index in [0.29, 0.717) is 0 Å². The Morgan fingerprint density at radius 2 is 1.58 bits per heavy atom. The lowest BCUT2D eigenvalue weighted by Gasteiger charge is -2.12. The molecule has 0 aromatic rings. The van der Waals surface area contributed by atoms with E-state index in [1.807, 2.05) is 5.32 Å². The van der Waals surface area contributed by atoms with Crippen LogP contribution in [0, 0.1) is 0 Å². The van der Waals surface area contributed by atoms with E-state index in [4.69, 9.17) is 5.11 Å². The predicted octanol–water partition coefficient (Wildman–Crippen LogP) is -1.05. The Morgan fingerprint density at radius 1 is 1.00 bits per heavy atom. The summed E-state index contributed by atoms with van der Waals surface area (Å²) in [5, 5.41) is 15.2. The number of amides is 5. The maximum atomic E-state index is 11.2. The van der Waals surface area contributed by atoms with Crippen molar-refractivity contribution >= 4 is 23.9 Å². The van der Waals surface area contributed by atoms with Crippen molar-refractivity contribution in [3.8, 4) is 0 Å². The third-order valence-electron chi connectivity index (χ3n) is 1.91. The fraction of sp³-hybridized carbons (Fsp3) is 0.600. The molecule has 9 heteroatoms. The molecule has 0 aromatic carbocycles. The summed E-state index contributed by atoms with van der Waals surface area (Å²) in [6.07, 6.45) is -0.599. The van der Waals surface area contributed by atoms with Crippen LogP contribution in [0.2, 0.25) is 0 Å². The van der Waals surface area contributed by atoms with E-state index >= 15 is 0 Å². The average Bonchev–Trinajstić information content (AvgIpc) is 2.31. The molecule has 0 aliphatic carbocycles. The van der Waals surface area contributed by atoms with Crippen LogP contribution in [0.5, 0.6) is 0 Å². The summed E-state index contributed by atoms with van der Waals surface area (Å²) >= 11 is 0. The maximum Gasteiger partial charge on any atom is 0.321 e. The van der Waals surface area contributed by atoms with Gasteiger partial charge >= 0.3 is 18.0 Å². The van der Waals surface area contributed by atoms with Crippen LogP contribution in [0.15, 0.2) is 0 Å². The minimum absolute atomic E-state index is 0.150. The molecule has 0 heterocycles. The Kier molecular flexibility index (Phi) is 7.66. The van der Waals surface area contributed by atoms with Gasteiger partial charge < -0.3 is 20.6 Å². The van der Waals surface area contributed by atoms with Crippen molar-refractivity contribution in [2.24, 2.45) is 0 Å². The summed E-state index contributed by atoms with van der Waals surface area (Å²) in [4.78, 5) is 44.9. The van der Waals surface area contributed by atoms with Crippen molar-refractivity contribution in [2.45, 2.75) is 12.8 Å². The molecule has 108 valence electrons. The van der Waals surface area contributed by atoms with Gasteiger partial charge in [-0.25, -0.2) is 9.59 Å². The Labute approximate surface area is 110 Å². The predicted molar refractivity (Wildman–Crippen MR) is 65.5 cm³/mol. The van der Waals surface area contributed by atoms with Gasteiger partial charge in [0.05, 0.1) is 6.42 Å². The van der Waals surface area contributed by atoms with Crippen molar-refractivity contribution in [1.82, 2.24) is 20.9 Å². The van der Waals surface area contributed by atoms with Gasteiger partial charge in [0, 0.05) is 33.6 Å². The summed E-state index contributed by atoms with van der Waals surface area (Å²) in [6, 6.07) is -1.02. The number of urea groups is 2.